The first-order valence-corrected chi connectivity index (χ1v) is 9.87. The highest BCUT2D eigenvalue weighted by molar-refractivity contribution is 7.85. The highest BCUT2D eigenvalue weighted by Gasteiger charge is 2.02. The Morgan fingerprint density at radius 3 is 1.17 bits per heavy atom. The van der Waals surface area contributed by atoms with E-state index in [-0.39, 0.29) is 0 Å². The zero-order valence-electron chi connectivity index (χ0n) is 13.0. The maximum absolute atomic E-state index is 11.0. The van der Waals surface area contributed by atoms with Crippen molar-refractivity contribution in [3.8, 4) is 0 Å². The van der Waals surface area contributed by atoms with Crippen molar-refractivity contribution >= 4 is 21.6 Å². The summed E-state index contributed by atoms with van der Waals surface area (Å²) in [5, 5.41) is 0.688. The lowest BCUT2D eigenvalue weighted by molar-refractivity contribution is 0.672. The number of unbranched alkanes of at least 4 members (excludes halogenated alkanes) is 2. The van der Waals surface area contributed by atoms with Gasteiger partial charge in [0.15, 0.2) is 0 Å². The van der Waals surface area contributed by atoms with Crippen LogP contribution in [-0.2, 0) is 21.6 Å². The van der Waals surface area contributed by atoms with Crippen molar-refractivity contribution in [2.24, 2.45) is 0 Å². The van der Waals surface area contributed by atoms with Crippen LogP contribution in [-0.4, -0.2) is 30.4 Å². The molecule has 0 aliphatic heterocycles. The van der Waals surface area contributed by atoms with Crippen molar-refractivity contribution < 1.29 is 8.42 Å². The van der Waals surface area contributed by atoms with Crippen LogP contribution in [0.15, 0.2) is 0 Å². The van der Waals surface area contributed by atoms with Crippen LogP contribution >= 0.6 is 0 Å². The van der Waals surface area contributed by atoms with E-state index in [1.54, 1.807) is 0 Å². The zero-order valence-corrected chi connectivity index (χ0v) is 14.7. The number of rotatable bonds is 8. The van der Waals surface area contributed by atoms with Crippen molar-refractivity contribution in [3.63, 3.8) is 0 Å². The second kappa shape index (κ2) is 13.7. The van der Waals surface area contributed by atoms with E-state index < -0.39 is 21.6 Å². The third kappa shape index (κ3) is 14.4. The van der Waals surface area contributed by atoms with Crippen LogP contribution in [0.3, 0.4) is 0 Å². The minimum absolute atomic E-state index is 0.344. The standard InChI is InChI=1S/2C7H16OS/c2*1-4-5-6-9(8)7(2)3/h2*7H,4-6H2,1-3H3. The summed E-state index contributed by atoms with van der Waals surface area (Å²) in [4.78, 5) is 0. The van der Waals surface area contributed by atoms with E-state index in [2.05, 4.69) is 13.8 Å². The summed E-state index contributed by atoms with van der Waals surface area (Å²) in [6.07, 6.45) is 4.51. The van der Waals surface area contributed by atoms with Crippen LogP contribution in [0.1, 0.15) is 67.2 Å². The fourth-order valence-corrected chi connectivity index (χ4v) is 3.13. The molecule has 0 radical (unpaired) electrons. The Balaban J connectivity index is 0. The average Bonchev–Trinajstić information content (AvgIpc) is 2.33. The Morgan fingerprint density at radius 2 is 1.00 bits per heavy atom. The van der Waals surface area contributed by atoms with Gasteiger partial charge in [-0.2, -0.15) is 0 Å². The lowest BCUT2D eigenvalue weighted by Gasteiger charge is -2.02. The van der Waals surface area contributed by atoms with Crippen molar-refractivity contribution in [2.75, 3.05) is 11.5 Å². The fourth-order valence-electron chi connectivity index (χ4n) is 1.04. The predicted octanol–water partition coefficient (Wildman–Crippen LogP) is 3.89. The second-order valence-corrected chi connectivity index (χ2v) is 9.20. The van der Waals surface area contributed by atoms with Crippen LogP contribution < -0.4 is 0 Å². The summed E-state index contributed by atoms with van der Waals surface area (Å²) >= 11 is 0. The Bertz CT molecular complexity index is 202. The maximum atomic E-state index is 11.0. The highest BCUT2D eigenvalue weighted by Crippen LogP contribution is 1.98. The molecule has 18 heavy (non-hydrogen) atoms. The van der Waals surface area contributed by atoms with E-state index >= 15 is 0 Å². The SMILES string of the molecule is CCCCS(=O)C(C)C.CCCCS(=O)C(C)C. The molecule has 0 aliphatic carbocycles. The van der Waals surface area contributed by atoms with Gasteiger partial charge >= 0.3 is 0 Å². The summed E-state index contributed by atoms with van der Waals surface area (Å²) in [7, 11) is -1.14. The van der Waals surface area contributed by atoms with Crippen LogP contribution in [0.2, 0.25) is 0 Å². The van der Waals surface area contributed by atoms with Crippen LogP contribution in [0, 0.1) is 0 Å². The molecule has 0 saturated heterocycles. The molecule has 0 N–H and O–H groups in total. The molecule has 0 rings (SSSR count). The molecule has 0 bridgehead atoms. The minimum atomic E-state index is -0.572. The molecule has 2 nitrogen and oxygen atoms in total. The molecule has 0 aromatic heterocycles. The average molecular weight is 297 g/mol. The third-order valence-electron chi connectivity index (χ3n) is 2.45. The molecule has 4 heteroatoms. The van der Waals surface area contributed by atoms with Gasteiger partial charge in [-0.3, -0.25) is 8.42 Å². The molecule has 0 aromatic carbocycles. The van der Waals surface area contributed by atoms with E-state index in [0.29, 0.717) is 10.5 Å². The van der Waals surface area contributed by atoms with Gasteiger partial charge in [0, 0.05) is 43.6 Å². The first-order chi connectivity index (χ1) is 8.36. The van der Waals surface area contributed by atoms with Gasteiger partial charge in [0.05, 0.1) is 0 Å². The van der Waals surface area contributed by atoms with Gasteiger partial charge in [-0.15, -0.1) is 0 Å². The van der Waals surface area contributed by atoms with Gasteiger partial charge in [0.25, 0.3) is 0 Å². The summed E-state index contributed by atoms with van der Waals surface area (Å²) in [5.74, 6) is 1.77. The molecule has 112 valence electrons. The molecule has 0 heterocycles. The van der Waals surface area contributed by atoms with Crippen LogP contribution in [0.5, 0.6) is 0 Å². The van der Waals surface area contributed by atoms with Gasteiger partial charge in [0.2, 0.25) is 0 Å². The molecule has 0 amide bonds. The fraction of sp³-hybridized carbons (Fsp3) is 1.00. The molecule has 0 fully saturated rings. The minimum Gasteiger partial charge on any atom is -0.259 e. The lowest BCUT2D eigenvalue weighted by Crippen LogP contribution is -2.08. The zero-order chi connectivity index (χ0) is 14.6. The molecule has 0 aromatic rings. The Hall–Kier alpha value is 0.300. The quantitative estimate of drug-likeness (QED) is 0.681. The summed E-state index contributed by atoms with van der Waals surface area (Å²) in [5.41, 5.74) is 0. The number of hydrogen-bond donors (Lipinski definition) is 0. The topological polar surface area (TPSA) is 34.1 Å². The van der Waals surface area contributed by atoms with Gasteiger partial charge in [0.1, 0.15) is 0 Å². The Kier molecular flexibility index (Phi) is 15.7. The molecule has 0 aliphatic rings. The third-order valence-corrected chi connectivity index (χ3v) is 5.93. The van der Waals surface area contributed by atoms with Crippen molar-refractivity contribution in [1.82, 2.24) is 0 Å². The van der Waals surface area contributed by atoms with Gasteiger partial charge < -0.3 is 0 Å². The number of hydrogen-bond acceptors (Lipinski definition) is 2. The molecule has 2 atom stereocenters. The van der Waals surface area contributed by atoms with Gasteiger partial charge in [-0.1, -0.05) is 54.4 Å². The van der Waals surface area contributed by atoms with Crippen molar-refractivity contribution in [2.45, 2.75) is 77.7 Å². The van der Waals surface area contributed by atoms with E-state index in [0.717, 1.165) is 37.2 Å². The molecule has 2 unspecified atom stereocenters. The maximum Gasteiger partial charge on any atom is 0.0291 e. The van der Waals surface area contributed by atoms with E-state index in [1.165, 1.54) is 0 Å². The summed E-state index contributed by atoms with van der Waals surface area (Å²) in [6.45, 7) is 12.3. The summed E-state index contributed by atoms with van der Waals surface area (Å²) < 4.78 is 22.0. The first-order valence-electron chi connectivity index (χ1n) is 7.11. The lowest BCUT2D eigenvalue weighted by atomic mass is 10.4. The summed E-state index contributed by atoms with van der Waals surface area (Å²) in [6, 6.07) is 0. The molecule has 0 spiro atoms. The predicted molar refractivity (Wildman–Crippen MR) is 86.1 cm³/mol. The Morgan fingerprint density at radius 1 is 0.722 bits per heavy atom. The van der Waals surface area contributed by atoms with Crippen molar-refractivity contribution in [3.05, 3.63) is 0 Å². The van der Waals surface area contributed by atoms with E-state index in [1.807, 2.05) is 27.7 Å². The van der Waals surface area contributed by atoms with E-state index in [4.69, 9.17) is 0 Å². The molecule has 0 saturated carbocycles. The molecular formula is C14H32O2S2. The monoisotopic (exact) mass is 296 g/mol. The smallest absolute Gasteiger partial charge is 0.0291 e. The highest BCUT2D eigenvalue weighted by atomic mass is 32.2. The van der Waals surface area contributed by atoms with Gasteiger partial charge in [-0.25, -0.2) is 0 Å². The van der Waals surface area contributed by atoms with E-state index in [9.17, 15) is 8.42 Å². The largest absolute Gasteiger partial charge is 0.259 e. The normalized spacial score (nSPS) is 14.2. The van der Waals surface area contributed by atoms with Crippen molar-refractivity contribution in [1.29, 1.82) is 0 Å². The van der Waals surface area contributed by atoms with Gasteiger partial charge in [-0.05, 0) is 12.8 Å². The first kappa shape index (κ1) is 20.6. The molecular weight excluding hydrogens is 264 g/mol. The Labute approximate surface area is 119 Å². The van der Waals surface area contributed by atoms with Crippen LogP contribution in [0.4, 0.5) is 0 Å². The van der Waals surface area contributed by atoms with Crippen LogP contribution in [0.25, 0.3) is 0 Å². The second-order valence-electron chi connectivity index (χ2n) is 4.97.